The minimum absolute atomic E-state index is 0.0649. The number of carbonyl (C=O) groups is 1. The molecule has 0 unspecified atom stereocenters. The van der Waals surface area contributed by atoms with Crippen LogP contribution in [0.25, 0.3) is 0 Å². The molecule has 1 aliphatic carbocycles. The van der Waals surface area contributed by atoms with Gasteiger partial charge in [0.2, 0.25) is 11.1 Å². The number of ketones is 1. The molecule has 174 valence electrons. The van der Waals surface area contributed by atoms with E-state index in [1.807, 2.05) is 24.3 Å². The van der Waals surface area contributed by atoms with Crippen LogP contribution in [0.3, 0.4) is 0 Å². The monoisotopic (exact) mass is 539 g/mol. The lowest BCUT2D eigenvalue weighted by Crippen LogP contribution is -2.36. The fourth-order valence-electron chi connectivity index (χ4n) is 4.47. The van der Waals surface area contributed by atoms with Crippen LogP contribution >= 0.6 is 27.7 Å². The lowest BCUT2D eigenvalue weighted by molar-refractivity contribution is -0.384. The molecular formula is C24H22BrN5O3S. The molecule has 0 saturated heterocycles. The van der Waals surface area contributed by atoms with Gasteiger partial charge in [0.1, 0.15) is 6.04 Å². The molecule has 1 aromatic heterocycles. The van der Waals surface area contributed by atoms with Crippen LogP contribution in [0.1, 0.15) is 43.9 Å². The molecule has 5 rings (SSSR count). The van der Waals surface area contributed by atoms with E-state index in [1.54, 1.807) is 16.8 Å². The summed E-state index contributed by atoms with van der Waals surface area (Å²) in [6, 6.07) is 14.1. The van der Waals surface area contributed by atoms with Crippen molar-refractivity contribution < 1.29 is 9.72 Å². The van der Waals surface area contributed by atoms with Crippen LogP contribution in [0.4, 0.5) is 11.6 Å². The lowest BCUT2D eigenvalue weighted by Gasteiger charge is -2.38. The molecule has 0 amide bonds. The van der Waals surface area contributed by atoms with Crippen LogP contribution in [0.2, 0.25) is 0 Å². The van der Waals surface area contributed by atoms with Crippen LogP contribution in [-0.4, -0.2) is 25.5 Å². The number of non-ortho nitro benzene ring substituents is 1. The molecule has 2 heterocycles. The molecule has 34 heavy (non-hydrogen) atoms. The number of hydrogen-bond donors (Lipinski definition) is 1. The number of carbonyl (C=O) groups excluding carboxylic acids is 1. The number of Topliss-reactive ketones (excluding diaryl/α,β-unsaturated/α-hetero) is 1. The Morgan fingerprint density at radius 3 is 2.56 bits per heavy atom. The molecule has 1 N–H and O–H groups in total. The molecule has 10 heteroatoms. The van der Waals surface area contributed by atoms with Gasteiger partial charge in [0, 0.05) is 40.0 Å². The molecule has 1 aliphatic heterocycles. The van der Waals surface area contributed by atoms with Gasteiger partial charge in [-0.25, -0.2) is 4.68 Å². The molecule has 2 aromatic carbocycles. The first-order valence-corrected chi connectivity index (χ1v) is 12.6. The Morgan fingerprint density at radius 1 is 1.18 bits per heavy atom. The number of allylic oxidation sites excluding steroid dienone is 2. The summed E-state index contributed by atoms with van der Waals surface area (Å²) in [4.78, 5) is 28.5. The Hall–Kier alpha value is -2.98. The summed E-state index contributed by atoms with van der Waals surface area (Å²) in [5, 5.41) is 19.6. The van der Waals surface area contributed by atoms with Gasteiger partial charge in [0.05, 0.1) is 4.92 Å². The maximum atomic E-state index is 13.3. The minimum Gasteiger partial charge on any atom is -0.328 e. The Morgan fingerprint density at radius 2 is 1.88 bits per heavy atom. The van der Waals surface area contributed by atoms with Gasteiger partial charge in [-0.2, -0.15) is 4.98 Å². The van der Waals surface area contributed by atoms with Gasteiger partial charge in [0.15, 0.2) is 5.78 Å². The molecule has 0 radical (unpaired) electrons. The predicted molar refractivity (Wildman–Crippen MR) is 134 cm³/mol. The summed E-state index contributed by atoms with van der Waals surface area (Å²) in [5.74, 6) is 1.32. The van der Waals surface area contributed by atoms with Crippen molar-refractivity contribution in [3.8, 4) is 0 Å². The second-order valence-corrected chi connectivity index (χ2v) is 11.1. The third-order valence-electron chi connectivity index (χ3n) is 6.01. The number of benzene rings is 2. The Labute approximate surface area is 209 Å². The van der Waals surface area contributed by atoms with E-state index in [0.717, 1.165) is 33.3 Å². The van der Waals surface area contributed by atoms with E-state index in [-0.39, 0.29) is 22.9 Å². The van der Waals surface area contributed by atoms with Crippen LogP contribution in [0.5, 0.6) is 0 Å². The summed E-state index contributed by atoms with van der Waals surface area (Å²) in [5.41, 5.74) is 3.53. The second-order valence-electron chi connectivity index (χ2n) is 9.29. The van der Waals surface area contributed by atoms with E-state index in [9.17, 15) is 14.9 Å². The van der Waals surface area contributed by atoms with Crippen molar-refractivity contribution in [2.24, 2.45) is 5.41 Å². The molecule has 3 aromatic rings. The topological polar surface area (TPSA) is 103 Å². The van der Waals surface area contributed by atoms with Crippen molar-refractivity contribution in [3.63, 3.8) is 0 Å². The molecule has 0 saturated carbocycles. The number of nitrogens with one attached hydrogen (secondary N) is 1. The number of aromatic nitrogens is 3. The molecule has 8 nitrogen and oxygen atoms in total. The maximum Gasteiger partial charge on any atom is 0.269 e. The third-order valence-corrected chi connectivity index (χ3v) is 7.45. The zero-order chi connectivity index (χ0) is 24.0. The van der Waals surface area contributed by atoms with Gasteiger partial charge in [0.25, 0.3) is 5.69 Å². The highest BCUT2D eigenvalue weighted by Crippen LogP contribution is 2.45. The predicted octanol–water partition coefficient (Wildman–Crippen LogP) is 5.90. The highest BCUT2D eigenvalue weighted by Gasteiger charge is 2.41. The second kappa shape index (κ2) is 8.66. The summed E-state index contributed by atoms with van der Waals surface area (Å²) in [6.07, 6.45) is 1.26. The minimum atomic E-state index is -0.410. The maximum absolute atomic E-state index is 13.3. The van der Waals surface area contributed by atoms with Crippen LogP contribution in [0.15, 0.2) is 69.4 Å². The number of hydrogen-bond acceptors (Lipinski definition) is 7. The van der Waals surface area contributed by atoms with Gasteiger partial charge in [-0.05, 0) is 35.1 Å². The summed E-state index contributed by atoms with van der Waals surface area (Å²) >= 11 is 4.94. The van der Waals surface area contributed by atoms with Crippen molar-refractivity contribution in [2.45, 2.75) is 43.6 Å². The third kappa shape index (κ3) is 4.39. The summed E-state index contributed by atoms with van der Waals surface area (Å²) < 4.78 is 2.77. The van der Waals surface area contributed by atoms with Crippen LogP contribution in [-0.2, 0) is 10.5 Å². The van der Waals surface area contributed by atoms with E-state index in [4.69, 9.17) is 10.1 Å². The van der Waals surface area contributed by atoms with Crippen molar-refractivity contribution in [2.75, 3.05) is 5.32 Å². The average molecular weight is 540 g/mol. The van der Waals surface area contributed by atoms with Crippen LogP contribution < -0.4 is 5.32 Å². The number of fused-ring (bicyclic) bond motifs is 1. The highest BCUT2D eigenvalue weighted by atomic mass is 79.9. The Balaban J connectivity index is 1.47. The van der Waals surface area contributed by atoms with Gasteiger partial charge in [-0.15, -0.1) is 5.10 Å². The van der Waals surface area contributed by atoms with Crippen LogP contribution in [0, 0.1) is 15.5 Å². The van der Waals surface area contributed by atoms with E-state index in [2.05, 4.69) is 35.1 Å². The van der Waals surface area contributed by atoms with Crippen molar-refractivity contribution in [1.29, 1.82) is 0 Å². The number of thioether (sulfide) groups is 1. The average Bonchev–Trinajstić information content (AvgIpc) is 3.19. The van der Waals surface area contributed by atoms with E-state index < -0.39 is 4.92 Å². The largest absolute Gasteiger partial charge is 0.328 e. The molecule has 0 spiro atoms. The first kappa shape index (κ1) is 22.8. The fraction of sp³-hybridized carbons (Fsp3) is 0.292. The molecule has 2 aliphatic rings. The zero-order valence-electron chi connectivity index (χ0n) is 18.6. The first-order chi connectivity index (χ1) is 16.2. The number of halogens is 1. The van der Waals surface area contributed by atoms with Crippen molar-refractivity contribution >= 4 is 45.1 Å². The number of nitro groups is 1. The Kier molecular flexibility index (Phi) is 5.81. The van der Waals surface area contributed by atoms with E-state index in [0.29, 0.717) is 23.3 Å². The quantitative estimate of drug-likeness (QED) is 0.244. The summed E-state index contributed by atoms with van der Waals surface area (Å²) in [7, 11) is 0. The lowest BCUT2D eigenvalue weighted by atomic mass is 9.73. The van der Waals surface area contributed by atoms with Gasteiger partial charge < -0.3 is 5.32 Å². The molecule has 1 atom stereocenters. The number of anilines is 1. The smallest absolute Gasteiger partial charge is 0.269 e. The van der Waals surface area contributed by atoms with Crippen molar-refractivity contribution in [3.05, 3.63) is 85.5 Å². The van der Waals surface area contributed by atoms with Gasteiger partial charge in [-0.1, -0.05) is 65.8 Å². The highest BCUT2D eigenvalue weighted by molar-refractivity contribution is 9.10. The van der Waals surface area contributed by atoms with Gasteiger partial charge >= 0.3 is 0 Å². The summed E-state index contributed by atoms with van der Waals surface area (Å²) in [6.45, 7) is 4.21. The first-order valence-electron chi connectivity index (χ1n) is 10.8. The standard InChI is InChI=1S/C24H22BrN5O3S/c1-24(2)11-18-20(19(31)12-24)21(15-5-7-16(25)8-6-15)29-22(26-18)27-23(28-29)34-13-14-3-9-17(10-4-14)30(32)33/h3-10,21H,11-13H2,1-2H3,(H,26,27,28)/t21-/m1/s1. The van der Waals surface area contributed by atoms with E-state index >= 15 is 0 Å². The van der Waals surface area contributed by atoms with Gasteiger partial charge in [-0.3, -0.25) is 14.9 Å². The molecule has 0 fully saturated rings. The molecular weight excluding hydrogens is 518 g/mol. The van der Waals surface area contributed by atoms with Crippen molar-refractivity contribution in [1.82, 2.24) is 14.8 Å². The number of nitrogens with zero attached hydrogens (tertiary/aromatic N) is 4. The number of nitro benzene ring substituents is 1. The molecule has 0 bridgehead atoms. The zero-order valence-corrected chi connectivity index (χ0v) is 21.0. The Bertz CT molecular complexity index is 1320. The van der Waals surface area contributed by atoms with E-state index in [1.165, 1.54) is 23.9 Å². The SMILES string of the molecule is CC1(C)CC(=O)C2=C(C1)Nc1nc(SCc3ccc([N+](=O)[O-])cc3)nn1[C@@H]2c1ccc(Br)cc1. The normalized spacial score (nSPS) is 18.8. The number of rotatable bonds is 5. The fourth-order valence-corrected chi connectivity index (χ4v) is 5.51.